The lowest BCUT2D eigenvalue weighted by molar-refractivity contribution is -0.384. The fraction of sp³-hybridized carbons (Fsp3) is 0.250. The lowest BCUT2D eigenvalue weighted by atomic mass is 9.96. The van der Waals surface area contributed by atoms with E-state index in [-0.39, 0.29) is 43.2 Å². The zero-order chi connectivity index (χ0) is 21.7. The van der Waals surface area contributed by atoms with Crippen LogP contribution in [0.25, 0.3) is 5.76 Å². The zero-order valence-electron chi connectivity index (χ0n) is 15.8. The number of ether oxygens (including phenoxy) is 1. The summed E-state index contributed by atoms with van der Waals surface area (Å²) in [5, 5.41) is 30.5. The zero-order valence-corrected chi connectivity index (χ0v) is 15.8. The second kappa shape index (κ2) is 9.25. The molecule has 2 heterocycles. The topological polar surface area (TPSA) is 143 Å². The fourth-order valence-corrected chi connectivity index (χ4v) is 3.22. The van der Waals surface area contributed by atoms with Crippen LogP contribution in [-0.2, 0) is 14.3 Å². The van der Waals surface area contributed by atoms with Gasteiger partial charge in [0.05, 0.1) is 36.4 Å². The molecule has 0 saturated carbocycles. The first-order valence-corrected chi connectivity index (χ1v) is 9.07. The molecule has 2 N–H and O–H groups in total. The molecule has 3 rings (SSSR count). The second-order valence-corrected chi connectivity index (χ2v) is 6.42. The number of nitrogens with zero attached hydrogens (tertiary/aromatic N) is 3. The maximum absolute atomic E-state index is 12.8. The summed E-state index contributed by atoms with van der Waals surface area (Å²) >= 11 is 0. The third kappa shape index (κ3) is 4.19. The van der Waals surface area contributed by atoms with Crippen LogP contribution in [0.3, 0.4) is 0 Å². The standard InChI is InChI=1S/C20H19N3O7/c24-9-11-30-10-8-22-17(14-2-1-7-21-12-14)16(19(26)20(22)27)18(25)13-3-5-15(6-4-13)23(28)29/h1-7,12,17,24-25H,8-11H2/t17-/m0/s1. The smallest absolute Gasteiger partial charge is 0.295 e. The molecule has 10 heteroatoms. The Labute approximate surface area is 171 Å². The largest absolute Gasteiger partial charge is 0.507 e. The molecular formula is C20H19N3O7. The van der Waals surface area contributed by atoms with Gasteiger partial charge in [-0.15, -0.1) is 0 Å². The number of Topliss-reactive ketones (excluding diaryl/α,β-unsaturated/α-hetero) is 1. The Morgan fingerprint density at radius 1 is 1.20 bits per heavy atom. The predicted molar refractivity (Wildman–Crippen MR) is 104 cm³/mol. The van der Waals surface area contributed by atoms with Crippen LogP contribution in [0.4, 0.5) is 5.69 Å². The molecule has 30 heavy (non-hydrogen) atoms. The highest BCUT2D eigenvalue weighted by molar-refractivity contribution is 6.46. The van der Waals surface area contributed by atoms with Gasteiger partial charge in [-0.05, 0) is 23.8 Å². The molecule has 0 bridgehead atoms. The summed E-state index contributed by atoms with van der Waals surface area (Å²) in [6.07, 6.45) is 3.03. The van der Waals surface area contributed by atoms with Crippen molar-refractivity contribution in [3.63, 3.8) is 0 Å². The SMILES string of the molecule is O=C1C(=O)N(CCOCCO)[C@@H](c2cccnc2)C1=C(O)c1ccc([N+](=O)[O-])cc1. The van der Waals surface area contributed by atoms with Gasteiger partial charge in [0.2, 0.25) is 0 Å². The van der Waals surface area contributed by atoms with Crippen molar-refractivity contribution in [2.45, 2.75) is 6.04 Å². The predicted octanol–water partition coefficient (Wildman–Crippen LogP) is 1.42. The van der Waals surface area contributed by atoms with Gasteiger partial charge in [0.1, 0.15) is 5.76 Å². The van der Waals surface area contributed by atoms with E-state index in [4.69, 9.17) is 9.84 Å². The number of rotatable bonds is 8. The molecular weight excluding hydrogens is 394 g/mol. The van der Waals surface area contributed by atoms with E-state index in [1.165, 1.54) is 41.6 Å². The highest BCUT2D eigenvalue weighted by Crippen LogP contribution is 2.39. The van der Waals surface area contributed by atoms with Gasteiger partial charge in [0, 0.05) is 36.6 Å². The Balaban J connectivity index is 2.03. The minimum Gasteiger partial charge on any atom is -0.507 e. The van der Waals surface area contributed by atoms with Crippen molar-refractivity contribution in [1.29, 1.82) is 0 Å². The lowest BCUT2D eigenvalue weighted by Gasteiger charge is -2.24. The van der Waals surface area contributed by atoms with Crippen molar-refractivity contribution in [3.8, 4) is 0 Å². The third-order valence-corrected chi connectivity index (χ3v) is 4.60. The molecule has 0 unspecified atom stereocenters. The van der Waals surface area contributed by atoms with E-state index in [1.807, 2.05) is 0 Å². The number of aromatic nitrogens is 1. The van der Waals surface area contributed by atoms with E-state index in [2.05, 4.69) is 4.98 Å². The summed E-state index contributed by atoms with van der Waals surface area (Å²) in [5.41, 5.74) is 0.382. The van der Waals surface area contributed by atoms with Gasteiger partial charge in [0.15, 0.2) is 0 Å². The second-order valence-electron chi connectivity index (χ2n) is 6.42. The summed E-state index contributed by atoms with van der Waals surface area (Å²) in [6, 6.07) is 7.45. The number of aliphatic hydroxyl groups excluding tert-OH is 2. The van der Waals surface area contributed by atoms with Gasteiger partial charge < -0.3 is 19.8 Å². The molecule has 1 amide bonds. The monoisotopic (exact) mass is 413 g/mol. The number of nitro groups is 1. The highest BCUT2D eigenvalue weighted by Gasteiger charge is 2.46. The number of carbonyl (C=O) groups excluding carboxylic acids is 2. The first-order chi connectivity index (χ1) is 14.5. The maximum Gasteiger partial charge on any atom is 0.295 e. The van der Waals surface area contributed by atoms with Gasteiger partial charge in [-0.2, -0.15) is 0 Å². The summed E-state index contributed by atoms with van der Waals surface area (Å²) in [4.78, 5) is 41.0. The number of nitro benzene ring substituents is 1. The van der Waals surface area contributed by atoms with Gasteiger partial charge in [-0.1, -0.05) is 6.07 Å². The van der Waals surface area contributed by atoms with E-state index < -0.39 is 28.4 Å². The van der Waals surface area contributed by atoms with Crippen molar-refractivity contribution >= 4 is 23.1 Å². The van der Waals surface area contributed by atoms with Crippen molar-refractivity contribution in [3.05, 3.63) is 75.6 Å². The summed E-state index contributed by atoms with van der Waals surface area (Å²) in [5.74, 6) is -2.11. The summed E-state index contributed by atoms with van der Waals surface area (Å²) in [7, 11) is 0. The van der Waals surface area contributed by atoms with E-state index in [0.717, 1.165) is 0 Å². The van der Waals surface area contributed by atoms with Gasteiger partial charge in [0.25, 0.3) is 17.4 Å². The average molecular weight is 413 g/mol. The number of hydrogen-bond donors (Lipinski definition) is 2. The number of benzene rings is 1. The molecule has 0 spiro atoms. The molecule has 2 aromatic rings. The molecule has 1 fully saturated rings. The number of ketones is 1. The van der Waals surface area contributed by atoms with Crippen LogP contribution < -0.4 is 0 Å². The molecule has 10 nitrogen and oxygen atoms in total. The first kappa shape index (κ1) is 21.1. The van der Waals surface area contributed by atoms with Crippen molar-refractivity contribution < 1.29 is 29.5 Å². The van der Waals surface area contributed by atoms with Crippen molar-refractivity contribution in [1.82, 2.24) is 9.88 Å². The number of aliphatic hydroxyl groups is 2. The van der Waals surface area contributed by atoms with Crippen LogP contribution in [0, 0.1) is 10.1 Å². The van der Waals surface area contributed by atoms with E-state index in [1.54, 1.807) is 12.1 Å². The summed E-state index contributed by atoms with van der Waals surface area (Å²) < 4.78 is 5.22. The van der Waals surface area contributed by atoms with Crippen molar-refractivity contribution in [2.75, 3.05) is 26.4 Å². The molecule has 1 aromatic heterocycles. The Hall–Kier alpha value is -3.63. The van der Waals surface area contributed by atoms with E-state index >= 15 is 0 Å². The number of hydrogen-bond acceptors (Lipinski definition) is 8. The van der Waals surface area contributed by atoms with Crippen LogP contribution >= 0.6 is 0 Å². The number of carbonyl (C=O) groups is 2. The number of non-ortho nitro benzene ring substituents is 1. The molecule has 156 valence electrons. The molecule has 0 aliphatic carbocycles. The first-order valence-electron chi connectivity index (χ1n) is 9.07. The molecule has 1 aliphatic heterocycles. The molecule has 0 radical (unpaired) electrons. The number of amides is 1. The van der Waals surface area contributed by atoms with Crippen molar-refractivity contribution in [2.24, 2.45) is 0 Å². The molecule has 1 saturated heterocycles. The van der Waals surface area contributed by atoms with E-state index in [9.17, 15) is 24.8 Å². The van der Waals surface area contributed by atoms with Gasteiger partial charge in [-0.3, -0.25) is 24.7 Å². The fourth-order valence-electron chi connectivity index (χ4n) is 3.22. The minimum atomic E-state index is -0.897. The number of likely N-dealkylation sites (tertiary alicyclic amines) is 1. The van der Waals surface area contributed by atoms with Crippen LogP contribution in [0.5, 0.6) is 0 Å². The molecule has 1 aliphatic rings. The normalized spacial score (nSPS) is 18.0. The van der Waals surface area contributed by atoms with Crippen LogP contribution in [0.15, 0.2) is 54.4 Å². The Bertz CT molecular complexity index is 974. The Kier molecular flexibility index (Phi) is 6.50. The van der Waals surface area contributed by atoms with Crippen LogP contribution in [0.1, 0.15) is 17.2 Å². The van der Waals surface area contributed by atoms with Crippen LogP contribution in [0.2, 0.25) is 0 Å². The third-order valence-electron chi connectivity index (χ3n) is 4.60. The quantitative estimate of drug-likeness (QED) is 0.165. The molecule has 1 aromatic carbocycles. The van der Waals surface area contributed by atoms with E-state index in [0.29, 0.717) is 5.56 Å². The van der Waals surface area contributed by atoms with Gasteiger partial charge >= 0.3 is 0 Å². The minimum absolute atomic E-state index is 0.0567. The van der Waals surface area contributed by atoms with Crippen LogP contribution in [-0.4, -0.2) is 63.1 Å². The Morgan fingerprint density at radius 2 is 1.93 bits per heavy atom. The summed E-state index contributed by atoms with van der Waals surface area (Å²) in [6.45, 7) is 0.0539. The number of pyridine rings is 1. The van der Waals surface area contributed by atoms with Gasteiger partial charge in [-0.25, -0.2) is 0 Å². The molecule has 1 atom stereocenters. The maximum atomic E-state index is 12.8. The highest BCUT2D eigenvalue weighted by atomic mass is 16.6. The Morgan fingerprint density at radius 3 is 2.53 bits per heavy atom. The lowest BCUT2D eigenvalue weighted by Crippen LogP contribution is -2.33. The average Bonchev–Trinajstić information content (AvgIpc) is 3.01.